The first-order valence-electron chi connectivity index (χ1n) is 8.36. The number of likely N-dealkylation sites (tertiary alicyclic amines) is 1. The van der Waals surface area contributed by atoms with Crippen LogP contribution < -0.4 is 5.32 Å². The molecule has 2 atom stereocenters. The number of nitrogens with zero attached hydrogens (tertiary/aromatic N) is 4. The molecule has 8 heteroatoms. The summed E-state index contributed by atoms with van der Waals surface area (Å²) in [4.78, 5) is 18.1. The number of piperidine rings is 1. The Labute approximate surface area is 144 Å². The summed E-state index contributed by atoms with van der Waals surface area (Å²) in [5.41, 5.74) is 0.390. The summed E-state index contributed by atoms with van der Waals surface area (Å²) in [5.74, 6) is -1.45. The minimum absolute atomic E-state index is 0.119. The molecule has 2 aromatic rings. The van der Waals surface area contributed by atoms with E-state index in [1.54, 1.807) is 22.8 Å². The van der Waals surface area contributed by atoms with Crippen LogP contribution in [-0.4, -0.2) is 45.3 Å². The first-order chi connectivity index (χ1) is 12.0. The second-order valence-electron chi connectivity index (χ2n) is 6.37. The largest absolute Gasteiger partial charge is 0.337 e. The Kier molecular flexibility index (Phi) is 5.25. The number of rotatable bonds is 4. The van der Waals surface area contributed by atoms with Gasteiger partial charge in [0, 0.05) is 31.6 Å². The molecule has 25 heavy (non-hydrogen) atoms. The van der Waals surface area contributed by atoms with Crippen LogP contribution in [0.2, 0.25) is 0 Å². The number of carbonyl (C=O) groups is 1. The van der Waals surface area contributed by atoms with Gasteiger partial charge in [-0.3, -0.25) is 0 Å². The zero-order valence-electron chi connectivity index (χ0n) is 14.0. The Morgan fingerprint density at radius 1 is 1.44 bits per heavy atom. The molecule has 2 heterocycles. The highest BCUT2D eigenvalue weighted by atomic mass is 19.1. The van der Waals surface area contributed by atoms with E-state index in [4.69, 9.17) is 0 Å². The number of aromatic nitrogens is 3. The van der Waals surface area contributed by atoms with Crippen LogP contribution in [0.3, 0.4) is 0 Å². The number of nitrogens with one attached hydrogen (secondary N) is 1. The highest BCUT2D eigenvalue weighted by Gasteiger charge is 2.25. The fraction of sp³-hybridized carbons (Fsp3) is 0.471. The van der Waals surface area contributed by atoms with Crippen molar-refractivity contribution in [2.24, 2.45) is 0 Å². The van der Waals surface area contributed by atoms with Gasteiger partial charge in [-0.15, -0.1) is 0 Å². The van der Waals surface area contributed by atoms with E-state index in [1.807, 2.05) is 0 Å². The molecule has 1 aliphatic heterocycles. The van der Waals surface area contributed by atoms with Crippen LogP contribution >= 0.6 is 0 Å². The van der Waals surface area contributed by atoms with E-state index in [-0.39, 0.29) is 24.5 Å². The van der Waals surface area contributed by atoms with Gasteiger partial charge >= 0.3 is 6.03 Å². The zero-order chi connectivity index (χ0) is 17.8. The van der Waals surface area contributed by atoms with Gasteiger partial charge in [0.25, 0.3) is 0 Å². The zero-order valence-corrected chi connectivity index (χ0v) is 14.0. The predicted molar refractivity (Wildman–Crippen MR) is 88.0 cm³/mol. The number of hydrogen-bond acceptors (Lipinski definition) is 3. The van der Waals surface area contributed by atoms with Crippen LogP contribution in [0, 0.1) is 11.6 Å². The molecule has 0 saturated carbocycles. The van der Waals surface area contributed by atoms with Crippen LogP contribution in [0.4, 0.5) is 13.6 Å². The number of urea groups is 1. The second-order valence-corrected chi connectivity index (χ2v) is 6.37. The van der Waals surface area contributed by atoms with Gasteiger partial charge in [0.2, 0.25) is 0 Å². The fourth-order valence-corrected chi connectivity index (χ4v) is 3.12. The third-order valence-corrected chi connectivity index (χ3v) is 4.55. The molecule has 1 N–H and O–H groups in total. The molecule has 0 spiro atoms. The maximum absolute atomic E-state index is 13.8. The SMILES string of the molecule is C[C@H](CNC(=O)N1CCC[C@@H](n2cncn2)C1)c1ccc(F)cc1F. The van der Waals surface area contributed by atoms with E-state index in [0.29, 0.717) is 18.7 Å². The number of carbonyl (C=O) groups excluding carboxylic acids is 1. The van der Waals surface area contributed by atoms with Gasteiger partial charge in [0.1, 0.15) is 24.3 Å². The van der Waals surface area contributed by atoms with Gasteiger partial charge in [-0.25, -0.2) is 23.2 Å². The third-order valence-electron chi connectivity index (χ3n) is 4.55. The minimum atomic E-state index is -0.607. The van der Waals surface area contributed by atoms with Gasteiger partial charge in [0.15, 0.2) is 0 Å². The topological polar surface area (TPSA) is 63.1 Å². The number of amides is 2. The van der Waals surface area contributed by atoms with Crippen molar-refractivity contribution in [3.63, 3.8) is 0 Å². The van der Waals surface area contributed by atoms with Crippen LogP contribution in [0.5, 0.6) is 0 Å². The van der Waals surface area contributed by atoms with Crippen molar-refractivity contribution in [1.82, 2.24) is 25.0 Å². The Morgan fingerprint density at radius 2 is 2.28 bits per heavy atom. The molecule has 1 saturated heterocycles. The van der Waals surface area contributed by atoms with E-state index >= 15 is 0 Å². The summed E-state index contributed by atoms with van der Waals surface area (Å²) in [6.45, 7) is 3.32. The fourth-order valence-electron chi connectivity index (χ4n) is 3.12. The predicted octanol–water partition coefficient (Wildman–Crippen LogP) is 2.71. The minimum Gasteiger partial charge on any atom is -0.337 e. The quantitative estimate of drug-likeness (QED) is 0.923. The summed E-state index contributed by atoms with van der Waals surface area (Å²) in [6.07, 6.45) is 4.98. The first kappa shape index (κ1) is 17.3. The Bertz CT molecular complexity index is 722. The maximum atomic E-state index is 13.8. The summed E-state index contributed by atoms with van der Waals surface area (Å²) < 4.78 is 28.6. The molecule has 0 radical (unpaired) electrons. The van der Waals surface area contributed by atoms with E-state index in [0.717, 1.165) is 18.9 Å². The Morgan fingerprint density at radius 3 is 3.00 bits per heavy atom. The Hall–Kier alpha value is -2.51. The van der Waals surface area contributed by atoms with Gasteiger partial charge in [-0.05, 0) is 24.5 Å². The van der Waals surface area contributed by atoms with Gasteiger partial charge in [-0.2, -0.15) is 5.10 Å². The lowest BCUT2D eigenvalue weighted by Crippen LogP contribution is -2.46. The lowest BCUT2D eigenvalue weighted by molar-refractivity contribution is 0.163. The van der Waals surface area contributed by atoms with Crippen molar-refractivity contribution in [3.05, 3.63) is 48.1 Å². The molecule has 0 unspecified atom stereocenters. The number of halogens is 2. The van der Waals surface area contributed by atoms with E-state index in [1.165, 1.54) is 18.5 Å². The maximum Gasteiger partial charge on any atom is 0.317 e. The van der Waals surface area contributed by atoms with Crippen molar-refractivity contribution in [2.45, 2.75) is 31.7 Å². The van der Waals surface area contributed by atoms with E-state index < -0.39 is 11.6 Å². The average Bonchev–Trinajstić information content (AvgIpc) is 3.14. The van der Waals surface area contributed by atoms with Crippen molar-refractivity contribution in [3.8, 4) is 0 Å². The van der Waals surface area contributed by atoms with Gasteiger partial charge < -0.3 is 10.2 Å². The molecular weight excluding hydrogens is 328 g/mol. The van der Waals surface area contributed by atoms with E-state index in [2.05, 4.69) is 15.4 Å². The van der Waals surface area contributed by atoms with Crippen LogP contribution in [0.25, 0.3) is 0 Å². The first-order valence-corrected chi connectivity index (χ1v) is 8.36. The summed E-state index contributed by atoms with van der Waals surface area (Å²) in [7, 11) is 0. The molecule has 1 aromatic carbocycles. The standard InChI is InChI=1S/C17H21F2N5O/c1-12(15-5-4-13(18)7-16(15)19)8-21-17(25)23-6-2-3-14(9-23)24-11-20-10-22-24/h4-5,7,10-12,14H,2-3,6,8-9H2,1H3,(H,21,25)/t12-,14-/m1/s1. The molecule has 2 amide bonds. The van der Waals surface area contributed by atoms with E-state index in [9.17, 15) is 13.6 Å². The summed E-state index contributed by atoms with van der Waals surface area (Å²) in [6, 6.07) is 3.45. The molecular formula is C17H21F2N5O. The van der Waals surface area contributed by atoms with Crippen LogP contribution in [0.15, 0.2) is 30.9 Å². The second kappa shape index (κ2) is 7.58. The normalized spacial score (nSPS) is 18.8. The third kappa shape index (κ3) is 4.12. The lowest BCUT2D eigenvalue weighted by atomic mass is 10.0. The average molecular weight is 349 g/mol. The van der Waals surface area contributed by atoms with Crippen molar-refractivity contribution in [2.75, 3.05) is 19.6 Å². The monoisotopic (exact) mass is 349 g/mol. The highest BCUT2D eigenvalue weighted by Crippen LogP contribution is 2.21. The van der Waals surface area contributed by atoms with Crippen LogP contribution in [0.1, 0.15) is 37.3 Å². The van der Waals surface area contributed by atoms with Gasteiger partial charge in [-0.1, -0.05) is 13.0 Å². The van der Waals surface area contributed by atoms with Crippen molar-refractivity contribution < 1.29 is 13.6 Å². The van der Waals surface area contributed by atoms with Crippen LogP contribution in [-0.2, 0) is 0 Å². The lowest BCUT2D eigenvalue weighted by Gasteiger charge is -2.32. The van der Waals surface area contributed by atoms with Crippen molar-refractivity contribution in [1.29, 1.82) is 0 Å². The molecule has 6 nitrogen and oxygen atoms in total. The molecule has 0 bridgehead atoms. The van der Waals surface area contributed by atoms with Gasteiger partial charge in [0.05, 0.1) is 6.04 Å². The number of benzene rings is 1. The molecule has 1 aromatic heterocycles. The number of hydrogen-bond donors (Lipinski definition) is 1. The molecule has 0 aliphatic carbocycles. The van der Waals surface area contributed by atoms with Crippen molar-refractivity contribution >= 4 is 6.03 Å². The molecule has 134 valence electrons. The highest BCUT2D eigenvalue weighted by molar-refractivity contribution is 5.74. The summed E-state index contributed by atoms with van der Waals surface area (Å²) in [5, 5.41) is 6.98. The molecule has 3 rings (SSSR count). The smallest absolute Gasteiger partial charge is 0.317 e. The Balaban J connectivity index is 1.55. The molecule has 1 fully saturated rings. The molecule has 1 aliphatic rings. The summed E-state index contributed by atoms with van der Waals surface area (Å²) >= 11 is 0.